The molecule has 0 aliphatic heterocycles. The number of fused-ring (bicyclic) bond motifs is 1. The SMILES string of the molecule is O=C(CSc1ccc(F)cc1)c1ccc2ccccc2c1. The third-order valence-corrected chi connectivity index (χ3v) is 4.27. The van der Waals surface area contributed by atoms with E-state index >= 15 is 0 Å². The van der Waals surface area contributed by atoms with Crippen LogP contribution in [0.2, 0.25) is 0 Å². The molecule has 0 aliphatic rings. The van der Waals surface area contributed by atoms with Gasteiger partial charge in [0.05, 0.1) is 5.75 Å². The number of carbonyl (C=O) groups is 1. The molecule has 0 aliphatic carbocycles. The van der Waals surface area contributed by atoms with Gasteiger partial charge in [-0.1, -0.05) is 36.4 Å². The zero-order valence-corrected chi connectivity index (χ0v) is 12.1. The van der Waals surface area contributed by atoms with Gasteiger partial charge in [-0.25, -0.2) is 4.39 Å². The minimum atomic E-state index is -0.264. The number of ketones is 1. The van der Waals surface area contributed by atoms with Crippen LogP contribution in [0.1, 0.15) is 10.4 Å². The fourth-order valence-electron chi connectivity index (χ4n) is 2.13. The van der Waals surface area contributed by atoms with Crippen molar-refractivity contribution in [2.75, 3.05) is 5.75 Å². The molecule has 0 fully saturated rings. The molecule has 0 heterocycles. The molecule has 0 spiro atoms. The van der Waals surface area contributed by atoms with Crippen molar-refractivity contribution >= 4 is 28.3 Å². The lowest BCUT2D eigenvalue weighted by Crippen LogP contribution is -2.02. The summed E-state index contributed by atoms with van der Waals surface area (Å²) in [7, 11) is 0. The van der Waals surface area contributed by atoms with Crippen LogP contribution in [-0.4, -0.2) is 11.5 Å². The summed E-state index contributed by atoms with van der Waals surface area (Å²) in [6.07, 6.45) is 0. The quantitative estimate of drug-likeness (QED) is 0.500. The Labute approximate surface area is 126 Å². The fourth-order valence-corrected chi connectivity index (χ4v) is 2.92. The highest BCUT2D eigenvalue weighted by atomic mass is 32.2. The maximum atomic E-state index is 12.8. The van der Waals surface area contributed by atoms with Gasteiger partial charge < -0.3 is 0 Å². The van der Waals surface area contributed by atoms with Crippen molar-refractivity contribution in [2.45, 2.75) is 4.90 Å². The van der Waals surface area contributed by atoms with Crippen molar-refractivity contribution in [1.82, 2.24) is 0 Å². The monoisotopic (exact) mass is 296 g/mol. The van der Waals surface area contributed by atoms with E-state index in [0.29, 0.717) is 11.3 Å². The fraction of sp³-hybridized carbons (Fsp3) is 0.0556. The summed E-state index contributed by atoms with van der Waals surface area (Å²) in [5.41, 5.74) is 0.711. The number of carbonyl (C=O) groups excluding carboxylic acids is 1. The van der Waals surface area contributed by atoms with Crippen LogP contribution in [0.15, 0.2) is 71.6 Å². The van der Waals surface area contributed by atoms with Gasteiger partial charge in [-0.3, -0.25) is 4.79 Å². The second kappa shape index (κ2) is 6.10. The summed E-state index contributed by atoms with van der Waals surface area (Å²) >= 11 is 1.42. The topological polar surface area (TPSA) is 17.1 Å². The Morgan fingerprint density at radius 2 is 1.62 bits per heavy atom. The Balaban J connectivity index is 1.73. The third kappa shape index (κ3) is 3.31. The summed E-state index contributed by atoms with van der Waals surface area (Å²) in [6.45, 7) is 0. The molecule has 1 nitrogen and oxygen atoms in total. The maximum Gasteiger partial charge on any atom is 0.173 e. The standard InChI is InChI=1S/C18H13FOS/c19-16-7-9-17(10-8-16)21-12-18(20)15-6-5-13-3-1-2-4-14(13)11-15/h1-11H,12H2. The summed E-state index contributed by atoms with van der Waals surface area (Å²) in [5, 5.41) is 2.19. The second-order valence-corrected chi connectivity index (χ2v) is 5.78. The van der Waals surface area contributed by atoms with Crippen molar-refractivity contribution in [3.63, 3.8) is 0 Å². The molecule has 3 rings (SSSR count). The van der Waals surface area contributed by atoms with Crippen LogP contribution in [0.25, 0.3) is 10.8 Å². The number of Topliss-reactive ketones (excluding diaryl/α,β-unsaturated/α-hetero) is 1. The zero-order chi connectivity index (χ0) is 14.7. The van der Waals surface area contributed by atoms with Crippen LogP contribution < -0.4 is 0 Å². The molecule has 3 aromatic rings. The number of hydrogen-bond acceptors (Lipinski definition) is 2. The highest BCUT2D eigenvalue weighted by Crippen LogP contribution is 2.21. The first-order valence-electron chi connectivity index (χ1n) is 6.63. The highest BCUT2D eigenvalue weighted by Gasteiger charge is 2.07. The minimum Gasteiger partial charge on any atom is -0.293 e. The molecule has 0 saturated heterocycles. The van der Waals surface area contributed by atoms with Crippen molar-refractivity contribution in [3.05, 3.63) is 78.1 Å². The van der Waals surface area contributed by atoms with Crippen molar-refractivity contribution in [2.24, 2.45) is 0 Å². The van der Waals surface area contributed by atoms with Gasteiger partial charge in [0.1, 0.15) is 5.82 Å². The van der Waals surface area contributed by atoms with E-state index in [-0.39, 0.29) is 11.6 Å². The average molecular weight is 296 g/mol. The Hall–Kier alpha value is -2.13. The van der Waals surface area contributed by atoms with Crippen LogP contribution >= 0.6 is 11.8 Å². The maximum absolute atomic E-state index is 12.8. The Kier molecular flexibility index (Phi) is 4.02. The van der Waals surface area contributed by atoms with Crippen molar-refractivity contribution in [1.29, 1.82) is 0 Å². The van der Waals surface area contributed by atoms with Gasteiger partial charge in [0.25, 0.3) is 0 Å². The lowest BCUT2D eigenvalue weighted by Gasteiger charge is -2.04. The smallest absolute Gasteiger partial charge is 0.173 e. The van der Waals surface area contributed by atoms with E-state index in [1.165, 1.54) is 23.9 Å². The predicted octanol–water partition coefficient (Wildman–Crippen LogP) is 4.95. The van der Waals surface area contributed by atoms with Crippen LogP contribution in [0.3, 0.4) is 0 Å². The van der Waals surface area contributed by atoms with E-state index < -0.39 is 0 Å². The van der Waals surface area contributed by atoms with E-state index in [1.54, 1.807) is 12.1 Å². The highest BCUT2D eigenvalue weighted by molar-refractivity contribution is 8.00. The molecule has 0 atom stereocenters. The molecule has 104 valence electrons. The number of hydrogen-bond donors (Lipinski definition) is 0. The van der Waals surface area contributed by atoms with Crippen molar-refractivity contribution in [3.8, 4) is 0 Å². The van der Waals surface area contributed by atoms with Gasteiger partial charge in [-0.05, 0) is 41.1 Å². The zero-order valence-electron chi connectivity index (χ0n) is 11.3. The first-order chi connectivity index (χ1) is 10.2. The molecule has 0 aromatic heterocycles. The molecule has 0 bridgehead atoms. The van der Waals surface area contributed by atoms with Crippen LogP contribution in [0, 0.1) is 5.82 Å². The molecular formula is C18H13FOS. The Bertz CT molecular complexity index is 781. The predicted molar refractivity (Wildman–Crippen MR) is 85.4 cm³/mol. The van der Waals surface area contributed by atoms with Gasteiger partial charge in [0.2, 0.25) is 0 Å². The number of rotatable bonds is 4. The molecule has 0 saturated carbocycles. The lowest BCUT2D eigenvalue weighted by molar-refractivity contribution is 0.102. The summed E-state index contributed by atoms with van der Waals surface area (Å²) in [4.78, 5) is 13.1. The van der Waals surface area contributed by atoms with E-state index in [2.05, 4.69) is 0 Å². The van der Waals surface area contributed by atoms with E-state index in [0.717, 1.165) is 15.7 Å². The largest absolute Gasteiger partial charge is 0.293 e. The van der Waals surface area contributed by atoms with E-state index in [4.69, 9.17) is 0 Å². The number of thioether (sulfide) groups is 1. The molecule has 21 heavy (non-hydrogen) atoms. The minimum absolute atomic E-state index is 0.0788. The lowest BCUT2D eigenvalue weighted by atomic mass is 10.1. The Morgan fingerprint density at radius 3 is 2.38 bits per heavy atom. The molecule has 0 amide bonds. The van der Waals surface area contributed by atoms with Crippen LogP contribution in [0.5, 0.6) is 0 Å². The summed E-state index contributed by atoms with van der Waals surface area (Å²) in [6, 6.07) is 19.9. The van der Waals surface area contributed by atoms with Crippen LogP contribution in [-0.2, 0) is 0 Å². The first-order valence-corrected chi connectivity index (χ1v) is 7.61. The van der Waals surface area contributed by atoms with E-state index in [1.807, 2.05) is 42.5 Å². The molecule has 0 unspecified atom stereocenters. The first kappa shape index (κ1) is 13.8. The van der Waals surface area contributed by atoms with Gasteiger partial charge in [-0.2, -0.15) is 0 Å². The second-order valence-electron chi connectivity index (χ2n) is 4.73. The van der Waals surface area contributed by atoms with Crippen molar-refractivity contribution < 1.29 is 9.18 Å². The summed E-state index contributed by atoms with van der Waals surface area (Å²) in [5.74, 6) is 0.166. The molecular weight excluding hydrogens is 283 g/mol. The molecule has 0 radical (unpaired) electrons. The average Bonchev–Trinajstić information content (AvgIpc) is 2.53. The number of halogens is 1. The Morgan fingerprint density at radius 1 is 0.905 bits per heavy atom. The van der Waals surface area contributed by atoms with Gasteiger partial charge >= 0.3 is 0 Å². The normalized spacial score (nSPS) is 10.7. The van der Waals surface area contributed by atoms with Gasteiger partial charge in [0, 0.05) is 10.5 Å². The van der Waals surface area contributed by atoms with E-state index in [9.17, 15) is 9.18 Å². The summed E-state index contributed by atoms with van der Waals surface area (Å²) < 4.78 is 12.8. The van der Waals surface area contributed by atoms with Gasteiger partial charge in [0.15, 0.2) is 5.78 Å². The third-order valence-electron chi connectivity index (χ3n) is 3.26. The van der Waals surface area contributed by atoms with Crippen LogP contribution in [0.4, 0.5) is 4.39 Å². The van der Waals surface area contributed by atoms with Gasteiger partial charge in [-0.15, -0.1) is 11.8 Å². The molecule has 0 N–H and O–H groups in total. The number of benzene rings is 3. The molecule has 3 heteroatoms. The molecule has 3 aromatic carbocycles.